The summed E-state index contributed by atoms with van der Waals surface area (Å²) >= 11 is 0. The van der Waals surface area contributed by atoms with Gasteiger partial charge < -0.3 is 15.4 Å². The molecule has 0 radical (unpaired) electrons. The van der Waals surface area contributed by atoms with Crippen LogP contribution in [-0.2, 0) is 9.59 Å². The van der Waals surface area contributed by atoms with Crippen molar-refractivity contribution in [2.45, 2.75) is 20.8 Å². The van der Waals surface area contributed by atoms with E-state index < -0.39 is 0 Å². The summed E-state index contributed by atoms with van der Waals surface area (Å²) in [6.07, 6.45) is 0. The maximum absolute atomic E-state index is 12.2. The van der Waals surface area contributed by atoms with E-state index in [1.165, 1.54) is 23.7 Å². The molecule has 1 heterocycles. The van der Waals surface area contributed by atoms with Gasteiger partial charge in [0.15, 0.2) is 6.61 Å². The topological polar surface area (TPSA) is 102 Å². The number of amides is 2. The fourth-order valence-corrected chi connectivity index (χ4v) is 2.69. The third-order valence-electron chi connectivity index (χ3n) is 4.35. The monoisotopic (exact) mass is 406 g/mol. The van der Waals surface area contributed by atoms with Crippen LogP contribution in [0, 0.1) is 13.8 Å². The van der Waals surface area contributed by atoms with E-state index in [4.69, 9.17) is 4.74 Å². The molecule has 3 aromatic rings. The van der Waals surface area contributed by atoms with Crippen LogP contribution in [0.3, 0.4) is 0 Å². The molecular weight excluding hydrogens is 384 g/mol. The highest BCUT2D eigenvalue weighted by atomic mass is 16.5. The van der Waals surface area contributed by atoms with Gasteiger partial charge in [0, 0.05) is 30.4 Å². The van der Waals surface area contributed by atoms with Crippen LogP contribution in [0.2, 0.25) is 0 Å². The lowest BCUT2D eigenvalue weighted by atomic mass is 10.1. The molecule has 30 heavy (non-hydrogen) atoms. The van der Waals surface area contributed by atoms with Crippen molar-refractivity contribution in [3.63, 3.8) is 0 Å². The van der Waals surface area contributed by atoms with Crippen LogP contribution in [0.1, 0.15) is 18.1 Å². The number of carbonyl (C=O) groups is 2. The van der Waals surface area contributed by atoms with Crippen molar-refractivity contribution in [2.75, 3.05) is 17.2 Å². The number of hydrogen-bond donors (Lipinski definition) is 2. The van der Waals surface area contributed by atoms with Gasteiger partial charge in [0.25, 0.3) is 11.5 Å². The lowest BCUT2D eigenvalue weighted by molar-refractivity contribution is -0.118. The van der Waals surface area contributed by atoms with Gasteiger partial charge in [-0.15, -0.1) is 5.10 Å². The molecule has 0 unspecified atom stereocenters. The molecule has 1 aromatic heterocycles. The second-order valence-corrected chi connectivity index (χ2v) is 6.79. The van der Waals surface area contributed by atoms with Gasteiger partial charge in [-0.3, -0.25) is 14.4 Å². The number of carbonyl (C=O) groups excluding carboxylic acids is 2. The molecular formula is C22H22N4O4. The summed E-state index contributed by atoms with van der Waals surface area (Å²) in [4.78, 5) is 35.4. The molecule has 8 nitrogen and oxygen atoms in total. The molecule has 0 atom stereocenters. The SMILES string of the molecule is CC(=O)Nc1ccc(NC(=O)COc2ccc(=O)n(-c3ccc(C)c(C)c3)n2)cc1. The third-order valence-corrected chi connectivity index (χ3v) is 4.35. The molecule has 0 bridgehead atoms. The van der Waals surface area contributed by atoms with Crippen molar-refractivity contribution in [3.05, 3.63) is 76.1 Å². The lowest BCUT2D eigenvalue weighted by Crippen LogP contribution is -2.24. The van der Waals surface area contributed by atoms with Crippen LogP contribution >= 0.6 is 0 Å². The van der Waals surface area contributed by atoms with Crippen LogP contribution in [-0.4, -0.2) is 28.2 Å². The van der Waals surface area contributed by atoms with E-state index in [1.807, 2.05) is 26.0 Å². The standard InChI is InChI=1S/C22H22N4O4/c1-14-4-9-19(12-15(14)2)26-22(29)11-10-21(25-26)30-13-20(28)24-18-7-5-17(6-8-18)23-16(3)27/h4-12H,13H2,1-3H3,(H,23,27)(H,24,28). The van der Waals surface area contributed by atoms with Gasteiger partial charge >= 0.3 is 0 Å². The Bertz CT molecular complexity index is 1140. The second-order valence-electron chi connectivity index (χ2n) is 6.79. The first kappa shape index (κ1) is 20.8. The van der Waals surface area contributed by atoms with Crippen molar-refractivity contribution < 1.29 is 14.3 Å². The van der Waals surface area contributed by atoms with Gasteiger partial charge in [-0.1, -0.05) is 6.07 Å². The largest absolute Gasteiger partial charge is 0.467 e. The fraction of sp³-hybridized carbons (Fsp3) is 0.182. The first-order chi connectivity index (χ1) is 14.3. The Morgan fingerprint density at radius 2 is 1.60 bits per heavy atom. The first-order valence-corrected chi connectivity index (χ1v) is 9.30. The number of nitrogens with zero attached hydrogens (tertiary/aromatic N) is 2. The molecule has 0 aliphatic carbocycles. The molecule has 0 fully saturated rings. The lowest BCUT2D eigenvalue weighted by Gasteiger charge is -2.10. The fourth-order valence-electron chi connectivity index (χ4n) is 2.69. The number of benzene rings is 2. The van der Waals surface area contributed by atoms with Crippen molar-refractivity contribution in [1.82, 2.24) is 9.78 Å². The minimum absolute atomic E-state index is 0.156. The van der Waals surface area contributed by atoms with E-state index in [9.17, 15) is 14.4 Å². The number of anilines is 2. The third kappa shape index (κ3) is 5.32. The predicted molar refractivity (Wildman–Crippen MR) is 114 cm³/mol. The highest BCUT2D eigenvalue weighted by Gasteiger charge is 2.08. The Morgan fingerprint density at radius 1 is 0.933 bits per heavy atom. The Balaban J connectivity index is 1.64. The molecule has 2 amide bonds. The maximum Gasteiger partial charge on any atom is 0.271 e. The Hall–Kier alpha value is -3.94. The zero-order valence-electron chi connectivity index (χ0n) is 16.9. The van der Waals surface area contributed by atoms with Crippen molar-refractivity contribution in [3.8, 4) is 11.6 Å². The van der Waals surface area contributed by atoms with Gasteiger partial charge in [0.2, 0.25) is 11.8 Å². The summed E-state index contributed by atoms with van der Waals surface area (Å²) in [5.74, 6) is -0.396. The second kappa shape index (κ2) is 9.04. The molecule has 0 aliphatic rings. The zero-order valence-corrected chi connectivity index (χ0v) is 16.9. The molecule has 0 spiro atoms. The van der Waals surface area contributed by atoms with E-state index in [-0.39, 0.29) is 29.9 Å². The van der Waals surface area contributed by atoms with E-state index in [0.717, 1.165) is 11.1 Å². The smallest absolute Gasteiger partial charge is 0.271 e. The summed E-state index contributed by atoms with van der Waals surface area (Å²) in [5, 5.41) is 9.53. The minimum atomic E-state index is -0.381. The van der Waals surface area contributed by atoms with Gasteiger partial charge in [-0.25, -0.2) is 0 Å². The Morgan fingerprint density at radius 3 is 2.23 bits per heavy atom. The normalized spacial score (nSPS) is 10.4. The summed E-state index contributed by atoms with van der Waals surface area (Å²) in [6, 6.07) is 15.0. The quantitative estimate of drug-likeness (QED) is 0.655. The van der Waals surface area contributed by atoms with Crippen LogP contribution in [0.5, 0.6) is 5.88 Å². The number of ether oxygens (including phenoxy) is 1. The molecule has 8 heteroatoms. The molecule has 2 N–H and O–H groups in total. The number of nitrogens with one attached hydrogen (secondary N) is 2. The Kier molecular flexibility index (Phi) is 6.26. The highest BCUT2D eigenvalue weighted by Crippen LogP contribution is 2.15. The molecule has 154 valence electrons. The summed E-state index contributed by atoms with van der Waals surface area (Å²) in [6.45, 7) is 5.09. The molecule has 0 saturated heterocycles. The van der Waals surface area contributed by atoms with Crippen LogP contribution in [0.15, 0.2) is 59.4 Å². The van der Waals surface area contributed by atoms with E-state index >= 15 is 0 Å². The van der Waals surface area contributed by atoms with Gasteiger partial charge in [0.1, 0.15) is 0 Å². The molecule has 2 aromatic carbocycles. The number of rotatable bonds is 6. The number of aromatic nitrogens is 2. The van der Waals surface area contributed by atoms with Gasteiger partial charge in [0.05, 0.1) is 5.69 Å². The highest BCUT2D eigenvalue weighted by molar-refractivity contribution is 5.93. The molecule has 0 saturated carbocycles. The summed E-state index contributed by atoms with van der Waals surface area (Å²) in [7, 11) is 0. The average Bonchev–Trinajstić information content (AvgIpc) is 2.70. The first-order valence-electron chi connectivity index (χ1n) is 9.30. The van der Waals surface area contributed by atoms with Gasteiger partial charge in [-0.05, 0) is 61.4 Å². The molecule has 3 rings (SSSR count). The zero-order chi connectivity index (χ0) is 21.7. The van der Waals surface area contributed by atoms with Crippen molar-refractivity contribution >= 4 is 23.2 Å². The minimum Gasteiger partial charge on any atom is -0.467 e. The van der Waals surface area contributed by atoms with Crippen molar-refractivity contribution in [1.29, 1.82) is 0 Å². The van der Waals surface area contributed by atoms with Crippen molar-refractivity contribution in [2.24, 2.45) is 0 Å². The van der Waals surface area contributed by atoms with Crippen LogP contribution < -0.4 is 20.9 Å². The van der Waals surface area contributed by atoms with E-state index in [1.54, 1.807) is 30.3 Å². The summed E-state index contributed by atoms with van der Waals surface area (Å²) in [5.41, 5.74) is 3.67. The number of hydrogen-bond acceptors (Lipinski definition) is 5. The average molecular weight is 406 g/mol. The molecule has 0 aliphatic heterocycles. The predicted octanol–water partition coefficient (Wildman–Crippen LogP) is 2.83. The summed E-state index contributed by atoms with van der Waals surface area (Å²) < 4.78 is 6.68. The van der Waals surface area contributed by atoms with E-state index in [0.29, 0.717) is 17.1 Å². The number of aryl methyl sites for hydroxylation is 2. The van der Waals surface area contributed by atoms with Crippen LogP contribution in [0.4, 0.5) is 11.4 Å². The maximum atomic E-state index is 12.2. The Labute approximate surface area is 173 Å². The van der Waals surface area contributed by atoms with Crippen LogP contribution in [0.25, 0.3) is 5.69 Å². The van der Waals surface area contributed by atoms with Gasteiger partial charge in [-0.2, -0.15) is 4.68 Å². The van der Waals surface area contributed by atoms with E-state index in [2.05, 4.69) is 15.7 Å².